The van der Waals surface area contributed by atoms with Crippen LogP contribution in [0.5, 0.6) is 11.5 Å². The first-order chi connectivity index (χ1) is 12.5. The van der Waals surface area contributed by atoms with Crippen LogP contribution in [0.2, 0.25) is 5.02 Å². The second-order valence-corrected chi connectivity index (χ2v) is 7.06. The first kappa shape index (κ1) is 18.5. The highest BCUT2D eigenvalue weighted by Crippen LogP contribution is 2.37. The Kier molecular flexibility index (Phi) is 5.63. The van der Waals surface area contributed by atoms with Crippen molar-refractivity contribution in [2.75, 3.05) is 14.2 Å². The van der Waals surface area contributed by atoms with Gasteiger partial charge >= 0.3 is 0 Å². The molecule has 26 heavy (non-hydrogen) atoms. The summed E-state index contributed by atoms with van der Waals surface area (Å²) in [6, 6.07) is 10.0. The van der Waals surface area contributed by atoms with Crippen LogP contribution in [0.15, 0.2) is 41.6 Å². The zero-order valence-corrected chi connectivity index (χ0v) is 15.9. The Morgan fingerprint density at radius 3 is 2.65 bits per heavy atom. The number of thioether (sulfide) groups is 1. The first-order valence-electron chi connectivity index (χ1n) is 7.66. The molecule has 0 aliphatic heterocycles. The van der Waals surface area contributed by atoms with Crippen molar-refractivity contribution in [2.24, 2.45) is 0 Å². The number of hydrogen-bond acceptors (Lipinski definition) is 6. The standard InChI is InChI=1S/C17H16ClFN4O2S/c1-10(11-4-6-14(19)13(18)8-11)26-17-20-21-22-23(17)15-9-12(24-2)5-7-16(15)25-3/h4-10H,1-3H3. The maximum atomic E-state index is 13.4. The summed E-state index contributed by atoms with van der Waals surface area (Å²) in [6.45, 7) is 1.97. The molecule has 1 atom stereocenters. The summed E-state index contributed by atoms with van der Waals surface area (Å²) in [5.74, 6) is 0.821. The van der Waals surface area contributed by atoms with E-state index < -0.39 is 5.82 Å². The fourth-order valence-corrected chi connectivity index (χ4v) is 3.46. The highest BCUT2D eigenvalue weighted by molar-refractivity contribution is 7.99. The van der Waals surface area contributed by atoms with Gasteiger partial charge in [0.25, 0.3) is 0 Å². The maximum absolute atomic E-state index is 13.4. The molecule has 136 valence electrons. The van der Waals surface area contributed by atoms with Gasteiger partial charge in [-0.15, -0.1) is 5.10 Å². The average molecular weight is 395 g/mol. The van der Waals surface area contributed by atoms with Crippen LogP contribution < -0.4 is 9.47 Å². The zero-order valence-electron chi connectivity index (χ0n) is 14.3. The van der Waals surface area contributed by atoms with Gasteiger partial charge in [-0.25, -0.2) is 4.39 Å². The van der Waals surface area contributed by atoms with Crippen molar-refractivity contribution in [3.05, 3.63) is 52.8 Å². The Morgan fingerprint density at radius 1 is 1.15 bits per heavy atom. The van der Waals surface area contributed by atoms with Crippen molar-refractivity contribution in [2.45, 2.75) is 17.3 Å². The molecule has 0 bridgehead atoms. The lowest BCUT2D eigenvalue weighted by molar-refractivity contribution is 0.399. The maximum Gasteiger partial charge on any atom is 0.214 e. The van der Waals surface area contributed by atoms with Gasteiger partial charge in [0.1, 0.15) is 23.0 Å². The molecule has 0 aliphatic rings. The van der Waals surface area contributed by atoms with Crippen LogP contribution in [0.4, 0.5) is 4.39 Å². The number of nitrogens with zero attached hydrogens (tertiary/aromatic N) is 4. The molecule has 0 saturated heterocycles. The van der Waals surface area contributed by atoms with E-state index in [2.05, 4.69) is 15.5 Å². The van der Waals surface area contributed by atoms with Crippen molar-refractivity contribution in [3.63, 3.8) is 0 Å². The van der Waals surface area contributed by atoms with E-state index in [4.69, 9.17) is 21.1 Å². The molecule has 0 radical (unpaired) electrons. The van der Waals surface area contributed by atoms with Crippen molar-refractivity contribution >= 4 is 23.4 Å². The largest absolute Gasteiger partial charge is 0.497 e. The summed E-state index contributed by atoms with van der Waals surface area (Å²) in [5.41, 5.74) is 1.53. The fraction of sp³-hybridized carbons (Fsp3) is 0.235. The monoisotopic (exact) mass is 394 g/mol. The number of benzene rings is 2. The Balaban J connectivity index is 1.93. The molecule has 1 unspecified atom stereocenters. The third-order valence-electron chi connectivity index (χ3n) is 3.75. The third-order valence-corrected chi connectivity index (χ3v) is 5.13. The van der Waals surface area contributed by atoms with Gasteiger partial charge in [-0.2, -0.15) is 4.68 Å². The van der Waals surface area contributed by atoms with Gasteiger partial charge in [0, 0.05) is 11.3 Å². The van der Waals surface area contributed by atoms with E-state index in [9.17, 15) is 4.39 Å². The van der Waals surface area contributed by atoms with E-state index in [-0.39, 0.29) is 10.3 Å². The van der Waals surface area contributed by atoms with Crippen LogP contribution in [0.25, 0.3) is 5.69 Å². The lowest BCUT2D eigenvalue weighted by atomic mass is 10.2. The molecule has 0 aliphatic carbocycles. The topological polar surface area (TPSA) is 62.1 Å². The molecule has 0 amide bonds. The quantitative estimate of drug-likeness (QED) is 0.580. The lowest BCUT2D eigenvalue weighted by Crippen LogP contribution is -2.03. The molecule has 1 aromatic heterocycles. The Labute approximate surface area is 159 Å². The highest BCUT2D eigenvalue weighted by atomic mass is 35.5. The SMILES string of the molecule is COc1ccc(OC)c(-n2nnnc2SC(C)c2ccc(F)c(Cl)c2)c1. The van der Waals surface area contributed by atoms with Crippen LogP contribution in [-0.2, 0) is 0 Å². The number of aromatic nitrogens is 4. The van der Waals surface area contributed by atoms with E-state index in [1.807, 2.05) is 6.92 Å². The van der Waals surface area contributed by atoms with E-state index in [0.717, 1.165) is 5.56 Å². The third kappa shape index (κ3) is 3.76. The number of methoxy groups -OCH3 is 2. The summed E-state index contributed by atoms with van der Waals surface area (Å²) >= 11 is 7.30. The van der Waals surface area contributed by atoms with Gasteiger partial charge in [-0.05, 0) is 47.2 Å². The minimum atomic E-state index is -0.446. The summed E-state index contributed by atoms with van der Waals surface area (Å²) in [5, 5.41) is 12.5. The summed E-state index contributed by atoms with van der Waals surface area (Å²) < 4.78 is 25.6. The van der Waals surface area contributed by atoms with Crippen LogP contribution in [0, 0.1) is 5.82 Å². The zero-order chi connectivity index (χ0) is 18.7. The van der Waals surface area contributed by atoms with E-state index in [1.165, 1.54) is 17.8 Å². The molecule has 1 heterocycles. The normalized spacial score (nSPS) is 12.0. The number of ether oxygens (including phenoxy) is 2. The lowest BCUT2D eigenvalue weighted by Gasteiger charge is -2.14. The van der Waals surface area contributed by atoms with E-state index in [0.29, 0.717) is 22.3 Å². The summed E-state index contributed by atoms with van der Waals surface area (Å²) in [4.78, 5) is 0. The second kappa shape index (κ2) is 7.92. The van der Waals surface area contributed by atoms with Gasteiger partial charge < -0.3 is 9.47 Å². The molecule has 0 N–H and O–H groups in total. The molecular weight excluding hydrogens is 379 g/mol. The molecule has 0 saturated carbocycles. The Bertz CT molecular complexity index is 922. The van der Waals surface area contributed by atoms with Gasteiger partial charge in [-0.3, -0.25) is 0 Å². The fourth-order valence-electron chi connectivity index (χ4n) is 2.36. The van der Waals surface area contributed by atoms with Crippen LogP contribution in [0.3, 0.4) is 0 Å². The molecule has 3 aromatic rings. The van der Waals surface area contributed by atoms with Gasteiger partial charge in [-0.1, -0.05) is 29.4 Å². The molecule has 0 fully saturated rings. The summed E-state index contributed by atoms with van der Waals surface area (Å²) in [7, 11) is 3.16. The van der Waals surface area contributed by atoms with Crippen molar-refractivity contribution < 1.29 is 13.9 Å². The minimum Gasteiger partial charge on any atom is -0.497 e. The average Bonchev–Trinajstić information content (AvgIpc) is 3.11. The molecule has 2 aromatic carbocycles. The second-order valence-electron chi connectivity index (χ2n) is 5.34. The van der Waals surface area contributed by atoms with Crippen LogP contribution in [0.1, 0.15) is 17.7 Å². The summed E-state index contributed by atoms with van der Waals surface area (Å²) in [6.07, 6.45) is 0. The highest BCUT2D eigenvalue weighted by Gasteiger charge is 2.18. The number of halogens is 2. The van der Waals surface area contributed by atoms with E-state index >= 15 is 0 Å². The molecule has 0 spiro atoms. The van der Waals surface area contributed by atoms with Crippen LogP contribution in [-0.4, -0.2) is 34.4 Å². The minimum absolute atomic E-state index is 0.0468. The molecule has 3 rings (SSSR count). The Morgan fingerprint density at radius 2 is 1.96 bits per heavy atom. The van der Waals surface area contributed by atoms with Gasteiger partial charge in [0.05, 0.1) is 19.2 Å². The van der Waals surface area contributed by atoms with Gasteiger partial charge in [0.15, 0.2) is 0 Å². The predicted octanol–water partition coefficient (Wildman–Crippen LogP) is 4.33. The molecular formula is C17H16ClFN4O2S. The molecule has 6 nitrogen and oxygen atoms in total. The molecule has 9 heteroatoms. The smallest absolute Gasteiger partial charge is 0.214 e. The Hall–Kier alpha value is -2.32. The number of hydrogen-bond donors (Lipinski definition) is 0. The number of rotatable bonds is 6. The van der Waals surface area contributed by atoms with Crippen molar-refractivity contribution in [3.8, 4) is 17.2 Å². The van der Waals surface area contributed by atoms with Gasteiger partial charge in [0.2, 0.25) is 5.16 Å². The predicted molar refractivity (Wildman–Crippen MR) is 97.9 cm³/mol. The van der Waals surface area contributed by atoms with E-state index in [1.54, 1.807) is 49.2 Å². The number of tetrazole rings is 1. The first-order valence-corrected chi connectivity index (χ1v) is 8.91. The van der Waals surface area contributed by atoms with Crippen molar-refractivity contribution in [1.82, 2.24) is 20.2 Å². The van der Waals surface area contributed by atoms with Crippen LogP contribution >= 0.6 is 23.4 Å². The van der Waals surface area contributed by atoms with Crippen molar-refractivity contribution in [1.29, 1.82) is 0 Å².